The van der Waals surface area contributed by atoms with Gasteiger partial charge in [-0.15, -0.1) is 0 Å². The summed E-state index contributed by atoms with van der Waals surface area (Å²) in [5, 5.41) is 0. The molecule has 0 aromatic rings. The fourth-order valence-electron chi connectivity index (χ4n) is 3.23. The second kappa shape index (κ2) is 11.0. The Morgan fingerprint density at radius 3 is 1.46 bits per heavy atom. The van der Waals surface area contributed by atoms with E-state index in [1.54, 1.807) is 0 Å². The summed E-state index contributed by atoms with van der Waals surface area (Å²) >= 11 is 0. The van der Waals surface area contributed by atoms with Gasteiger partial charge >= 0.3 is 0 Å². The molecule has 0 atom stereocenters. The zero-order chi connectivity index (χ0) is 17.0. The molecule has 0 amide bonds. The molecule has 2 heteroatoms. The SMILES string of the molecule is CCCCCCN1C=CC=CC1=C1C=CC=CN1CCCCCC. The molecule has 0 unspecified atom stereocenters. The molecule has 2 aliphatic heterocycles. The number of hydrogen-bond donors (Lipinski definition) is 0. The van der Waals surface area contributed by atoms with Crippen LogP contribution in [0, 0.1) is 0 Å². The van der Waals surface area contributed by atoms with E-state index in [4.69, 9.17) is 0 Å². The minimum absolute atomic E-state index is 1.11. The van der Waals surface area contributed by atoms with Gasteiger partial charge in [0.05, 0.1) is 11.4 Å². The number of unbranched alkanes of at least 4 members (excludes halogenated alkanes) is 6. The van der Waals surface area contributed by atoms with E-state index in [1.807, 2.05) is 0 Å². The molecular weight excluding hydrogens is 292 g/mol. The maximum Gasteiger partial charge on any atom is 0.0647 e. The molecule has 0 aromatic heterocycles. The number of hydrogen-bond acceptors (Lipinski definition) is 2. The molecule has 0 fully saturated rings. The van der Waals surface area contributed by atoms with Crippen molar-refractivity contribution in [2.75, 3.05) is 13.1 Å². The lowest BCUT2D eigenvalue weighted by molar-refractivity contribution is 0.400. The van der Waals surface area contributed by atoms with E-state index in [0.29, 0.717) is 0 Å². The Labute approximate surface area is 148 Å². The Balaban J connectivity index is 2.03. The largest absolute Gasteiger partial charge is 0.346 e. The lowest BCUT2D eigenvalue weighted by atomic mass is 10.1. The van der Waals surface area contributed by atoms with Gasteiger partial charge in [-0.1, -0.05) is 64.5 Å². The minimum Gasteiger partial charge on any atom is -0.346 e. The van der Waals surface area contributed by atoms with Gasteiger partial charge in [-0.05, 0) is 37.1 Å². The van der Waals surface area contributed by atoms with Crippen molar-refractivity contribution in [3.05, 3.63) is 60.3 Å². The van der Waals surface area contributed by atoms with Crippen LogP contribution in [0.1, 0.15) is 65.2 Å². The molecule has 0 aromatic carbocycles. The van der Waals surface area contributed by atoms with Crippen LogP contribution in [-0.4, -0.2) is 22.9 Å². The molecule has 0 bridgehead atoms. The van der Waals surface area contributed by atoms with Crippen LogP contribution in [0.3, 0.4) is 0 Å². The van der Waals surface area contributed by atoms with Crippen LogP contribution >= 0.6 is 0 Å². The first kappa shape index (κ1) is 18.6. The van der Waals surface area contributed by atoms with E-state index in [2.05, 4.69) is 72.5 Å². The first-order valence-electron chi connectivity index (χ1n) is 9.84. The second-order valence-corrected chi connectivity index (χ2v) is 6.68. The summed E-state index contributed by atoms with van der Waals surface area (Å²) in [5.74, 6) is 0. The fourth-order valence-corrected chi connectivity index (χ4v) is 3.23. The fraction of sp³-hybridized carbons (Fsp3) is 0.545. The molecule has 0 saturated carbocycles. The van der Waals surface area contributed by atoms with E-state index in [1.165, 1.54) is 62.8 Å². The van der Waals surface area contributed by atoms with Crippen LogP contribution < -0.4 is 0 Å². The van der Waals surface area contributed by atoms with Gasteiger partial charge in [-0.3, -0.25) is 0 Å². The van der Waals surface area contributed by atoms with Crippen LogP contribution in [0.5, 0.6) is 0 Å². The van der Waals surface area contributed by atoms with Crippen molar-refractivity contribution in [2.45, 2.75) is 65.2 Å². The lowest BCUT2D eigenvalue weighted by Gasteiger charge is -2.31. The van der Waals surface area contributed by atoms with Gasteiger partial charge in [0.15, 0.2) is 0 Å². The monoisotopic (exact) mass is 326 g/mol. The van der Waals surface area contributed by atoms with Gasteiger partial charge in [-0.25, -0.2) is 0 Å². The van der Waals surface area contributed by atoms with Crippen molar-refractivity contribution >= 4 is 0 Å². The molecule has 2 rings (SSSR count). The summed E-state index contributed by atoms with van der Waals surface area (Å²) in [6, 6.07) is 0. The Morgan fingerprint density at radius 2 is 1.04 bits per heavy atom. The first-order chi connectivity index (χ1) is 11.9. The van der Waals surface area contributed by atoms with Gasteiger partial charge < -0.3 is 9.80 Å². The summed E-state index contributed by atoms with van der Waals surface area (Å²) in [4.78, 5) is 4.85. The maximum absolute atomic E-state index is 2.42. The smallest absolute Gasteiger partial charge is 0.0647 e. The third-order valence-electron chi connectivity index (χ3n) is 4.65. The maximum atomic E-state index is 2.42. The van der Waals surface area contributed by atoms with Crippen LogP contribution in [-0.2, 0) is 0 Å². The Kier molecular flexibility index (Phi) is 8.51. The van der Waals surface area contributed by atoms with E-state index < -0.39 is 0 Å². The predicted octanol–water partition coefficient (Wildman–Crippen LogP) is 6.13. The first-order valence-corrected chi connectivity index (χ1v) is 9.84. The van der Waals surface area contributed by atoms with Crippen molar-refractivity contribution in [3.63, 3.8) is 0 Å². The summed E-state index contributed by atoms with van der Waals surface area (Å²) in [6.45, 7) is 6.76. The van der Waals surface area contributed by atoms with E-state index in [0.717, 1.165) is 13.1 Å². The third-order valence-corrected chi connectivity index (χ3v) is 4.65. The highest BCUT2D eigenvalue weighted by molar-refractivity contribution is 5.40. The van der Waals surface area contributed by atoms with Crippen molar-refractivity contribution in [1.82, 2.24) is 9.80 Å². The molecule has 0 spiro atoms. The van der Waals surface area contributed by atoms with Gasteiger partial charge in [0.25, 0.3) is 0 Å². The predicted molar refractivity (Wildman–Crippen MR) is 105 cm³/mol. The average molecular weight is 327 g/mol. The van der Waals surface area contributed by atoms with Crippen LogP contribution in [0.4, 0.5) is 0 Å². The molecule has 24 heavy (non-hydrogen) atoms. The van der Waals surface area contributed by atoms with E-state index >= 15 is 0 Å². The molecule has 2 nitrogen and oxygen atoms in total. The summed E-state index contributed by atoms with van der Waals surface area (Å²) in [5.41, 5.74) is 2.68. The van der Waals surface area contributed by atoms with E-state index in [9.17, 15) is 0 Å². The third kappa shape index (κ3) is 5.74. The van der Waals surface area contributed by atoms with Crippen LogP contribution in [0.15, 0.2) is 60.3 Å². The van der Waals surface area contributed by atoms with Crippen molar-refractivity contribution < 1.29 is 0 Å². The quantitative estimate of drug-likeness (QED) is 0.446. The number of rotatable bonds is 10. The Hall–Kier alpha value is -1.70. The van der Waals surface area contributed by atoms with Gasteiger partial charge in [0.1, 0.15) is 0 Å². The van der Waals surface area contributed by atoms with Crippen LogP contribution in [0.2, 0.25) is 0 Å². The molecule has 2 aliphatic rings. The zero-order valence-electron chi connectivity index (χ0n) is 15.6. The normalized spacial score (nSPS) is 19.6. The summed E-state index contributed by atoms with van der Waals surface area (Å²) in [7, 11) is 0. The Morgan fingerprint density at radius 1 is 0.583 bits per heavy atom. The molecular formula is C22H34N2. The van der Waals surface area contributed by atoms with Gasteiger partial charge in [0, 0.05) is 25.5 Å². The molecule has 0 radical (unpaired) electrons. The summed E-state index contributed by atoms with van der Waals surface area (Å²) in [6.07, 6.45) is 28.0. The van der Waals surface area contributed by atoms with E-state index in [-0.39, 0.29) is 0 Å². The van der Waals surface area contributed by atoms with Gasteiger partial charge in [-0.2, -0.15) is 0 Å². The topological polar surface area (TPSA) is 6.48 Å². The molecule has 0 aliphatic carbocycles. The zero-order valence-corrected chi connectivity index (χ0v) is 15.6. The standard InChI is InChI=1S/C22H34N2/c1-3-5-7-11-17-23-19-13-9-15-21(23)22-16-10-14-20-24(22)18-12-8-6-4-2/h9-10,13-16,19-20H,3-8,11-12,17-18H2,1-2H3. The van der Waals surface area contributed by atoms with Crippen LogP contribution in [0.25, 0.3) is 0 Å². The Bertz CT molecular complexity index is 462. The number of allylic oxidation sites excluding steroid dienone is 6. The second-order valence-electron chi connectivity index (χ2n) is 6.68. The molecule has 0 N–H and O–H groups in total. The highest BCUT2D eigenvalue weighted by Crippen LogP contribution is 2.24. The van der Waals surface area contributed by atoms with Crippen molar-refractivity contribution in [2.24, 2.45) is 0 Å². The van der Waals surface area contributed by atoms with Crippen molar-refractivity contribution in [1.29, 1.82) is 0 Å². The minimum atomic E-state index is 1.11. The van der Waals surface area contributed by atoms with Crippen molar-refractivity contribution in [3.8, 4) is 0 Å². The molecule has 132 valence electrons. The average Bonchev–Trinajstić information content (AvgIpc) is 2.63. The molecule has 0 saturated heterocycles. The highest BCUT2D eigenvalue weighted by Gasteiger charge is 2.16. The molecule has 2 heterocycles. The van der Waals surface area contributed by atoms with Gasteiger partial charge in [0.2, 0.25) is 0 Å². The number of nitrogens with zero attached hydrogens (tertiary/aromatic N) is 2. The lowest BCUT2D eigenvalue weighted by Crippen LogP contribution is -2.27. The summed E-state index contributed by atoms with van der Waals surface area (Å²) < 4.78 is 0. The highest BCUT2D eigenvalue weighted by atomic mass is 15.2.